The third kappa shape index (κ3) is 5.44. The van der Waals surface area contributed by atoms with Crippen LogP contribution in [0.1, 0.15) is 67.8 Å². The number of hydrazine groups is 1. The SMILES string of the molecule is CC(C)(C)N(C(=O)c1ccccc1C(=O)c1ccccc1)N(C(=O)c1ccccc1)C(=O)c1ccccc1. The molecule has 0 aromatic heterocycles. The van der Waals surface area contributed by atoms with Crippen LogP contribution in [0.15, 0.2) is 115 Å². The Labute approximate surface area is 222 Å². The third-order valence-corrected chi connectivity index (χ3v) is 5.89. The van der Waals surface area contributed by atoms with Crippen LogP contribution in [0.25, 0.3) is 0 Å². The highest BCUT2D eigenvalue weighted by Gasteiger charge is 2.41. The number of ketones is 1. The summed E-state index contributed by atoms with van der Waals surface area (Å²) in [5, 5.41) is 2.03. The highest BCUT2D eigenvalue weighted by molar-refractivity contribution is 6.17. The smallest absolute Gasteiger partial charge is 0.280 e. The van der Waals surface area contributed by atoms with Gasteiger partial charge in [-0.3, -0.25) is 19.2 Å². The van der Waals surface area contributed by atoms with Crippen LogP contribution < -0.4 is 0 Å². The zero-order valence-electron chi connectivity index (χ0n) is 21.5. The zero-order valence-corrected chi connectivity index (χ0v) is 21.5. The molecular weight excluding hydrogens is 476 g/mol. The first-order chi connectivity index (χ1) is 18.2. The topological polar surface area (TPSA) is 74.8 Å². The molecule has 0 N–H and O–H groups in total. The second-order valence-corrected chi connectivity index (χ2v) is 9.68. The molecule has 0 atom stereocenters. The van der Waals surface area contributed by atoms with Gasteiger partial charge in [0, 0.05) is 22.3 Å². The first-order valence-electron chi connectivity index (χ1n) is 12.2. The molecule has 0 radical (unpaired) electrons. The Morgan fingerprint density at radius 1 is 0.474 bits per heavy atom. The average molecular weight is 505 g/mol. The standard InChI is InChI=1S/C32H28N2O4/c1-32(2,3)34(31(38)27-22-14-13-21-26(27)28(35)23-15-7-4-8-16-23)33(29(36)24-17-9-5-10-18-24)30(37)25-19-11-6-12-20-25/h4-22H,1-3H3. The Balaban J connectivity index is 1.87. The van der Waals surface area contributed by atoms with Crippen molar-refractivity contribution >= 4 is 23.5 Å². The summed E-state index contributed by atoms with van der Waals surface area (Å²) < 4.78 is 0. The molecule has 190 valence electrons. The van der Waals surface area contributed by atoms with Gasteiger partial charge in [-0.2, -0.15) is 5.01 Å². The summed E-state index contributed by atoms with van der Waals surface area (Å²) in [5.41, 5.74) is 0.155. The normalized spacial score (nSPS) is 10.9. The third-order valence-electron chi connectivity index (χ3n) is 5.89. The predicted molar refractivity (Wildman–Crippen MR) is 146 cm³/mol. The van der Waals surface area contributed by atoms with Crippen molar-refractivity contribution in [3.05, 3.63) is 143 Å². The molecule has 3 amide bonds. The van der Waals surface area contributed by atoms with Crippen LogP contribution in [0.3, 0.4) is 0 Å². The number of rotatable bonds is 5. The molecule has 6 nitrogen and oxygen atoms in total. The Hall–Kier alpha value is -4.84. The molecule has 4 aromatic carbocycles. The molecule has 0 spiro atoms. The number of hydrogen-bond donors (Lipinski definition) is 0. The van der Waals surface area contributed by atoms with E-state index in [2.05, 4.69) is 0 Å². The number of carbonyl (C=O) groups is 4. The highest BCUT2D eigenvalue weighted by atomic mass is 16.2. The van der Waals surface area contributed by atoms with Crippen LogP contribution in [0.4, 0.5) is 0 Å². The van der Waals surface area contributed by atoms with E-state index >= 15 is 0 Å². The molecule has 0 aliphatic carbocycles. The molecule has 0 bridgehead atoms. The van der Waals surface area contributed by atoms with E-state index in [0.717, 1.165) is 10.0 Å². The van der Waals surface area contributed by atoms with Crippen molar-refractivity contribution in [2.75, 3.05) is 0 Å². The molecule has 0 saturated carbocycles. The Bertz CT molecular complexity index is 1410. The van der Waals surface area contributed by atoms with Gasteiger partial charge in [-0.05, 0) is 51.1 Å². The lowest BCUT2D eigenvalue weighted by atomic mass is 9.96. The van der Waals surface area contributed by atoms with Crippen LogP contribution >= 0.6 is 0 Å². The van der Waals surface area contributed by atoms with Crippen LogP contribution in [0.5, 0.6) is 0 Å². The minimum Gasteiger partial charge on any atom is -0.289 e. The highest BCUT2D eigenvalue weighted by Crippen LogP contribution is 2.26. The van der Waals surface area contributed by atoms with Crippen LogP contribution in [-0.4, -0.2) is 39.1 Å². The van der Waals surface area contributed by atoms with Crippen molar-refractivity contribution in [1.82, 2.24) is 10.0 Å². The number of carbonyl (C=O) groups excluding carboxylic acids is 4. The van der Waals surface area contributed by atoms with Gasteiger partial charge in [0.15, 0.2) is 5.78 Å². The van der Waals surface area contributed by atoms with Gasteiger partial charge in [0.1, 0.15) is 0 Å². The quantitative estimate of drug-likeness (QED) is 0.188. The Morgan fingerprint density at radius 3 is 1.26 bits per heavy atom. The fourth-order valence-electron chi connectivity index (χ4n) is 4.10. The van der Waals surface area contributed by atoms with Gasteiger partial charge >= 0.3 is 0 Å². The first-order valence-corrected chi connectivity index (χ1v) is 12.2. The van der Waals surface area contributed by atoms with Gasteiger partial charge in [-0.15, -0.1) is 0 Å². The molecule has 0 unspecified atom stereocenters. The van der Waals surface area contributed by atoms with Gasteiger partial charge in [0.05, 0.1) is 11.1 Å². The van der Waals surface area contributed by atoms with Crippen molar-refractivity contribution in [1.29, 1.82) is 0 Å². The number of amides is 3. The Kier molecular flexibility index (Phi) is 7.63. The fraction of sp³-hybridized carbons (Fsp3) is 0.125. The van der Waals surface area contributed by atoms with Crippen molar-refractivity contribution in [3.63, 3.8) is 0 Å². The maximum absolute atomic E-state index is 14.3. The largest absolute Gasteiger partial charge is 0.289 e. The summed E-state index contributed by atoms with van der Waals surface area (Å²) in [5.74, 6) is -2.30. The number of nitrogens with zero attached hydrogens (tertiary/aromatic N) is 2. The lowest BCUT2D eigenvalue weighted by molar-refractivity contribution is -0.0318. The van der Waals surface area contributed by atoms with E-state index in [-0.39, 0.29) is 28.0 Å². The zero-order chi connectivity index (χ0) is 27.3. The summed E-state index contributed by atoms with van der Waals surface area (Å²) in [4.78, 5) is 55.4. The number of benzene rings is 4. The minimum atomic E-state index is -1.02. The summed E-state index contributed by atoms with van der Waals surface area (Å²) in [6, 6.07) is 31.7. The average Bonchev–Trinajstić information content (AvgIpc) is 2.95. The lowest BCUT2D eigenvalue weighted by Gasteiger charge is -2.42. The number of imide groups is 1. The van der Waals surface area contributed by atoms with Crippen LogP contribution in [0, 0.1) is 0 Å². The van der Waals surface area contributed by atoms with Crippen molar-refractivity contribution < 1.29 is 19.2 Å². The second kappa shape index (κ2) is 11.0. The lowest BCUT2D eigenvalue weighted by Crippen LogP contribution is -2.60. The van der Waals surface area contributed by atoms with Gasteiger partial charge in [0.2, 0.25) is 0 Å². The van der Waals surface area contributed by atoms with Crippen LogP contribution in [0.2, 0.25) is 0 Å². The van der Waals surface area contributed by atoms with E-state index in [4.69, 9.17) is 0 Å². The van der Waals surface area contributed by atoms with Gasteiger partial charge in [0.25, 0.3) is 17.7 Å². The van der Waals surface area contributed by atoms with E-state index in [0.29, 0.717) is 5.56 Å². The fourth-order valence-corrected chi connectivity index (χ4v) is 4.10. The molecular formula is C32H28N2O4. The van der Waals surface area contributed by atoms with E-state index in [1.54, 1.807) is 130 Å². The van der Waals surface area contributed by atoms with Gasteiger partial charge in [-0.25, -0.2) is 5.01 Å². The van der Waals surface area contributed by atoms with Crippen molar-refractivity contribution in [3.8, 4) is 0 Å². The summed E-state index contributed by atoms with van der Waals surface area (Å²) >= 11 is 0. The van der Waals surface area contributed by atoms with Crippen molar-refractivity contribution in [2.45, 2.75) is 26.3 Å². The molecule has 0 aliphatic heterocycles. The minimum absolute atomic E-state index is 0.0861. The maximum Gasteiger partial charge on any atom is 0.280 e. The van der Waals surface area contributed by atoms with Crippen LogP contribution in [-0.2, 0) is 0 Å². The molecule has 0 saturated heterocycles. The molecule has 38 heavy (non-hydrogen) atoms. The second-order valence-electron chi connectivity index (χ2n) is 9.68. The molecule has 0 heterocycles. The van der Waals surface area contributed by atoms with E-state index in [1.807, 2.05) is 0 Å². The first kappa shape index (κ1) is 26.2. The molecule has 0 fully saturated rings. The summed E-state index contributed by atoms with van der Waals surface area (Å²) in [7, 11) is 0. The van der Waals surface area contributed by atoms with E-state index < -0.39 is 23.3 Å². The molecule has 6 heteroatoms. The summed E-state index contributed by atoms with van der Waals surface area (Å²) in [6.45, 7) is 5.20. The molecule has 4 aromatic rings. The Morgan fingerprint density at radius 2 is 0.842 bits per heavy atom. The maximum atomic E-state index is 14.3. The van der Waals surface area contributed by atoms with E-state index in [1.165, 1.54) is 6.07 Å². The molecule has 4 rings (SSSR count). The number of hydrogen-bond acceptors (Lipinski definition) is 4. The summed E-state index contributed by atoms with van der Waals surface area (Å²) in [6.07, 6.45) is 0. The molecule has 0 aliphatic rings. The van der Waals surface area contributed by atoms with E-state index in [9.17, 15) is 19.2 Å². The monoisotopic (exact) mass is 504 g/mol. The predicted octanol–water partition coefficient (Wildman–Crippen LogP) is 6.06. The van der Waals surface area contributed by atoms with Gasteiger partial charge < -0.3 is 0 Å². The van der Waals surface area contributed by atoms with Crippen molar-refractivity contribution in [2.24, 2.45) is 0 Å². The van der Waals surface area contributed by atoms with Gasteiger partial charge in [-0.1, -0.05) is 84.9 Å².